The van der Waals surface area contributed by atoms with Gasteiger partial charge in [0.25, 0.3) is 0 Å². The average Bonchev–Trinajstić information content (AvgIpc) is 3.47. The highest BCUT2D eigenvalue weighted by atomic mass is 15.2. The molecule has 0 unspecified atom stereocenters. The summed E-state index contributed by atoms with van der Waals surface area (Å²) in [4.78, 5) is 2.53. The molecule has 8 aromatic rings. The lowest BCUT2D eigenvalue weighted by molar-refractivity contribution is 1.26. The van der Waals surface area contributed by atoms with E-state index in [4.69, 9.17) is 0 Å². The first-order chi connectivity index (χ1) is 25.3. The van der Waals surface area contributed by atoms with Gasteiger partial charge in [0.2, 0.25) is 6.71 Å². The second-order valence-corrected chi connectivity index (χ2v) is 15.3. The lowest BCUT2D eigenvalue weighted by atomic mass is 9.33. The predicted octanol–water partition coefficient (Wildman–Crippen LogP) is 8.58. The average molecular weight is 666 g/mol. The largest absolute Gasteiger partial charge is 0.375 e. The molecule has 0 bridgehead atoms. The second kappa shape index (κ2) is 11.4. The van der Waals surface area contributed by atoms with Crippen LogP contribution >= 0.6 is 0 Å². The van der Waals surface area contributed by atoms with Crippen LogP contribution in [0.4, 0.5) is 17.1 Å². The van der Waals surface area contributed by atoms with Crippen molar-refractivity contribution in [1.29, 1.82) is 0 Å². The maximum Gasteiger partial charge on any atom is 0.333 e. The first-order valence-corrected chi connectivity index (χ1v) is 18.6. The quantitative estimate of drug-likeness (QED) is 0.171. The van der Waals surface area contributed by atoms with Crippen LogP contribution in [0.5, 0.6) is 0 Å². The Morgan fingerprint density at radius 3 is 1.79 bits per heavy atom. The van der Waals surface area contributed by atoms with E-state index in [0.29, 0.717) is 0 Å². The molecule has 0 amide bonds. The molecule has 2 aliphatic heterocycles. The lowest BCUT2D eigenvalue weighted by Gasteiger charge is -2.41. The maximum absolute atomic E-state index is 2.65. The number of hydrogen-bond acceptors (Lipinski definition) is 1. The van der Waals surface area contributed by atoms with Crippen molar-refractivity contribution in [3.8, 4) is 11.1 Å². The minimum atomic E-state index is 0.0386. The monoisotopic (exact) mass is 666 g/mol. The molecule has 7 aromatic carbocycles. The fourth-order valence-electron chi connectivity index (χ4n) is 10.2. The van der Waals surface area contributed by atoms with Crippen LogP contribution in [0.2, 0.25) is 0 Å². The molecular formula is C48H40B2N2. The Kier molecular flexibility index (Phi) is 6.80. The van der Waals surface area contributed by atoms with Crippen molar-refractivity contribution >= 4 is 79.7 Å². The highest BCUT2D eigenvalue weighted by Gasteiger charge is 2.43. The molecule has 10 rings (SSSR count). The van der Waals surface area contributed by atoms with Crippen LogP contribution in [0.3, 0.4) is 0 Å². The summed E-state index contributed by atoms with van der Waals surface area (Å²) in [5.74, 6) is 0. The number of anilines is 3. The van der Waals surface area contributed by atoms with Crippen molar-refractivity contribution < 1.29 is 0 Å². The molecule has 0 radical (unpaired) electrons. The standard InChI is InChI=1S/C48H40B2N2/c1-29-23-31(3)45(32(4)24-29)49(46-33(5)25-30(2)26-34(46)6)35-27-40-39-19-14-18-38-37-17-10-12-21-42(37)52(48(38)39)50-41-20-11-13-22-43(41)51(44(28-35)47(40)50)36-15-8-7-9-16-36/h7-28H,1-6H3. The molecule has 4 heteroatoms. The molecule has 2 aliphatic rings. The molecule has 0 atom stereocenters. The molecule has 0 fully saturated rings. The van der Waals surface area contributed by atoms with Gasteiger partial charge >= 0.3 is 6.85 Å². The van der Waals surface area contributed by atoms with E-state index in [9.17, 15) is 0 Å². The van der Waals surface area contributed by atoms with Crippen molar-refractivity contribution in [2.45, 2.75) is 41.5 Å². The van der Waals surface area contributed by atoms with Crippen LogP contribution in [0.15, 0.2) is 133 Å². The van der Waals surface area contributed by atoms with Gasteiger partial charge in [-0.2, -0.15) is 0 Å². The molecule has 0 N–H and O–H groups in total. The zero-order valence-corrected chi connectivity index (χ0v) is 30.8. The van der Waals surface area contributed by atoms with Crippen LogP contribution in [0.1, 0.15) is 33.4 Å². The summed E-state index contributed by atoms with van der Waals surface area (Å²) in [6, 6.07) is 50.6. The molecule has 0 saturated carbocycles. The number of benzene rings is 7. The molecule has 0 spiro atoms. The summed E-state index contributed by atoms with van der Waals surface area (Å²) in [7, 11) is 0. The smallest absolute Gasteiger partial charge is 0.333 e. The van der Waals surface area contributed by atoms with E-state index in [2.05, 4.69) is 184 Å². The van der Waals surface area contributed by atoms with Gasteiger partial charge in [-0.15, -0.1) is 0 Å². The summed E-state index contributed by atoms with van der Waals surface area (Å²) in [5, 5.41) is 2.63. The fraction of sp³-hybridized carbons (Fsp3) is 0.125. The number of fused-ring (bicyclic) bond motifs is 7. The molecule has 1 aromatic heterocycles. The van der Waals surface area contributed by atoms with Crippen LogP contribution in [-0.4, -0.2) is 18.0 Å². The summed E-state index contributed by atoms with van der Waals surface area (Å²) >= 11 is 0. The van der Waals surface area contributed by atoms with E-state index in [1.165, 1.54) is 111 Å². The van der Waals surface area contributed by atoms with Gasteiger partial charge in [-0.1, -0.05) is 153 Å². The number of nitrogens with zero attached hydrogens (tertiary/aromatic N) is 2. The van der Waals surface area contributed by atoms with Gasteiger partial charge in [-0.25, -0.2) is 0 Å². The van der Waals surface area contributed by atoms with Crippen molar-refractivity contribution in [1.82, 2.24) is 4.48 Å². The number of aromatic nitrogens is 1. The molecule has 248 valence electrons. The Hall–Kier alpha value is -5.73. The highest BCUT2D eigenvalue weighted by molar-refractivity contribution is 6.97. The Morgan fingerprint density at radius 1 is 0.500 bits per heavy atom. The Balaban J connectivity index is 1.39. The first kappa shape index (κ1) is 31.0. The Bertz CT molecular complexity index is 2670. The third-order valence-electron chi connectivity index (χ3n) is 11.8. The third kappa shape index (κ3) is 4.34. The van der Waals surface area contributed by atoms with Crippen LogP contribution in [-0.2, 0) is 0 Å². The molecule has 3 heterocycles. The van der Waals surface area contributed by atoms with Crippen LogP contribution in [0.25, 0.3) is 32.9 Å². The second-order valence-electron chi connectivity index (χ2n) is 15.3. The first-order valence-electron chi connectivity index (χ1n) is 18.6. The maximum atomic E-state index is 2.65. The van der Waals surface area contributed by atoms with E-state index in [0.717, 1.165) is 0 Å². The van der Waals surface area contributed by atoms with Gasteiger partial charge in [0.05, 0.1) is 0 Å². The zero-order chi connectivity index (χ0) is 35.4. The SMILES string of the molecule is Cc1cc(C)c(B(c2cc3c4c(c2)N(c2ccccc2)c2ccccc2B4n2c4ccccc4c4cccc-3c42)c2c(C)cc(C)cc2C)c(C)c1. The summed E-state index contributed by atoms with van der Waals surface area (Å²) in [6.07, 6.45) is 0. The van der Waals surface area contributed by atoms with E-state index in [1.807, 2.05) is 0 Å². The number of para-hydroxylation sites is 4. The van der Waals surface area contributed by atoms with Crippen molar-refractivity contribution in [3.05, 3.63) is 167 Å². The normalized spacial score (nSPS) is 12.7. The van der Waals surface area contributed by atoms with Crippen molar-refractivity contribution in [3.63, 3.8) is 0 Å². The number of rotatable bonds is 4. The van der Waals surface area contributed by atoms with Gasteiger partial charge in [0.15, 0.2) is 0 Å². The molecular weight excluding hydrogens is 626 g/mol. The van der Waals surface area contributed by atoms with E-state index in [1.54, 1.807) is 0 Å². The van der Waals surface area contributed by atoms with Crippen LogP contribution in [0, 0.1) is 41.5 Å². The highest BCUT2D eigenvalue weighted by Crippen LogP contribution is 2.44. The minimum Gasteiger partial charge on any atom is -0.375 e. The fourth-order valence-corrected chi connectivity index (χ4v) is 10.2. The molecule has 52 heavy (non-hydrogen) atoms. The summed E-state index contributed by atoms with van der Waals surface area (Å²) in [6.45, 7) is 13.8. The minimum absolute atomic E-state index is 0.0386. The van der Waals surface area contributed by atoms with Gasteiger partial charge in [0, 0.05) is 44.4 Å². The Labute approximate surface area is 307 Å². The molecule has 0 aliphatic carbocycles. The number of hydrogen-bond donors (Lipinski definition) is 0. The van der Waals surface area contributed by atoms with Crippen LogP contribution < -0.4 is 32.2 Å². The van der Waals surface area contributed by atoms with E-state index in [-0.39, 0.29) is 13.6 Å². The van der Waals surface area contributed by atoms with E-state index >= 15 is 0 Å². The summed E-state index contributed by atoms with van der Waals surface area (Å²) < 4.78 is 2.65. The molecule has 2 nitrogen and oxygen atoms in total. The van der Waals surface area contributed by atoms with Crippen molar-refractivity contribution in [2.75, 3.05) is 4.90 Å². The van der Waals surface area contributed by atoms with E-state index < -0.39 is 0 Å². The lowest BCUT2D eigenvalue weighted by Crippen LogP contribution is -2.59. The van der Waals surface area contributed by atoms with Gasteiger partial charge < -0.3 is 9.38 Å². The van der Waals surface area contributed by atoms with Crippen molar-refractivity contribution in [2.24, 2.45) is 0 Å². The number of aryl methyl sites for hydroxylation is 6. The summed E-state index contributed by atoms with van der Waals surface area (Å²) in [5.41, 5.74) is 23.8. The third-order valence-corrected chi connectivity index (χ3v) is 11.8. The predicted molar refractivity (Wildman–Crippen MR) is 226 cm³/mol. The van der Waals surface area contributed by atoms with Gasteiger partial charge in [-0.05, 0) is 88.4 Å². The zero-order valence-electron chi connectivity index (χ0n) is 30.8. The van der Waals surface area contributed by atoms with Gasteiger partial charge in [0.1, 0.15) is 0 Å². The van der Waals surface area contributed by atoms with Gasteiger partial charge in [-0.3, -0.25) is 0 Å². The Morgan fingerprint density at radius 2 is 1.10 bits per heavy atom. The topological polar surface area (TPSA) is 8.17 Å². The molecule has 0 saturated heterocycles.